The highest BCUT2D eigenvalue weighted by Crippen LogP contribution is 2.42. The topological polar surface area (TPSA) is 35.8 Å². The normalized spacial score (nSPS) is 39.4. The molecule has 2 aliphatic rings. The summed E-state index contributed by atoms with van der Waals surface area (Å²) >= 11 is 2.19. The van der Waals surface area contributed by atoms with Gasteiger partial charge in [-0.2, -0.15) is 17.0 Å². The lowest BCUT2D eigenvalue weighted by Gasteiger charge is -2.29. The van der Waals surface area contributed by atoms with E-state index in [0.717, 1.165) is 24.0 Å². The van der Waals surface area contributed by atoms with Gasteiger partial charge in [-0.3, -0.25) is 5.32 Å². The van der Waals surface area contributed by atoms with Crippen LogP contribution in [0.25, 0.3) is 0 Å². The zero-order valence-electron chi connectivity index (χ0n) is 12.6. The fraction of sp³-hybridized carbons (Fsp3) is 0.938. The van der Waals surface area contributed by atoms with Gasteiger partial charge in [-0.1, -0.05) is 19.8 Å². The zero-order valence-corrected chi connectivity index (χ0v) is 13.4. The van der Waals surface area contributed by atoms with Crippen molar-refractivity contribution in [1.82, 2.24) is 5.32 Å². The van der Waals surface area contributed by atoms with E-state index in [2.05, 4.69) is 43.9 Å². The van der Waals surface area contributed by atoms with Crippen LogP contribution in [-0.4, -0.2) is 22.1 Å². The minimum Gasteiger partial charge on any atom is -0.297 e. The SMILES string of the molecule is CC1CCCC(SC2CCC(C#N)(NC(C)C)C2)C1. The van der Waals surface area contributed by atoms with Gasteiger partial charge in [0.2, 0.25) is 0 Å². The van der Waals surface area contributed by atoms with Crippen molar-refractivity contribution in [2.24, 2.45) is 5.92 Å². The smallest absolute Gasteiger partial charge is 0.108 e. The van der Waals surface area contributed by atoms with Crippen molar-refractivity contribution in [3.63, 3.8) is 0 Å². The molecular formula is C16H28N2S. The molecule has 2 rings (SSSR count). The predicted octanol–water partition coefficient (Wildman–Crippen LogP) is 4.11. The lowest BCUT2D eigenvalue weighted by atomic mass is 9.91. The molecule has 2 saturated carbocycles. The molecule has 0 heterocycles. The number of thioether (sulfide) groups is 1. The molecule has 0 aromatic carbocycles. The van der Waals surface area contributed by atoms with Gasteiger partial charge in [0.1, 0.15) is 5.54 Å². The van der Waals surface area contributed by atoms with Crippen LogP contribution in [0.1, 0.15) is 65.7 Å². The highest BCUT2D eigenvalue weighted by Gasteiger charge is 2.40. The maximum Gasteiger partial charge on any atom is 0.108 e. The molecule has 19 heavy (non-hydrogen) atoms. The second-order valence-corrected chi connectivity index (χ2v) is 8.49. The van der Waals surface area contributed by atoms with E-state index in [1.54, 1.807) is 0 Å². The average molecular weight is 280 g/mol. The third-order valence-corrected chi connectivity index (χ3v) is 6.12. The first kappa shape index (κ1) is 15.2. The van der Waals surface area contributed by atoms with Gasteiger partial charge in [0.05, 0.1) is 6.07 Å². The minimum atomic E-state index is -0.244. The Labute approximate surface area is 122 Å². The lowest BCUT2D eigenvalue weighted by Crippen LogP contribution is -2.45. The van der Waals surface area contributed by atoms with E-state index in [1.807, 2.05) is 0 Å². The number of nitrogens with zero attached hydrogens (tertiary/aromatic N) is 1. The van der Waals surface area contributed by atoms with Gasteiger partial charge in [0.25, 0.3) is 0 Å². The maximum atomic E-state index is 9.51. The highest BCUT2D eigenvalue weighted by atomic mass is 32.2. The van der Waals surface area contributed by atoms with Crippen molar-refractivity contribution in [3.8, 4) is 6.07 Å². The number of nitrogens with one attached hydrogen (secondary N) is 1. The van der Waals surface area contributed by atoms with E-state index in [1.165, 1.54) is 32.1 Å². The quantitative estimate of drug-likeness (QED) is 0.841. The number of rotatable bonds is 4. The first-order valence-corrected chi connectivity index (χ1v) is 8.82. The standard InChI is InChI=1S/C16H28N2S/c1-12(2)18-16(11-17)8-7-15(10-16)19-14-6-4-5-13(3)9-14/h12-15,18H,4-10H2,1-3H3. The van der Waals surface area contributed by atoms with Crippen molar-refractivity contribution in [3.05, 3.63) is 0 Å². The Morgan fingerprint density at radius 1 is 1.26 bits per heavy atom. The van der Waals surface area contributed by atoms with E-state index in [0.29, 0.717) is 11.3 Å². The van der Waals surface area contributed by atoms with Crippen LogP contribution in [0.15, 0.2) is 0 Å². The van der Waals surface area contributed by atoms with Crippen molar-refractivity contribution >= 4 is 11.8 Å². The largest absolute Gasteiger partial charge is 0.297 e. The van der Waals surface area contributed by atoms with E-state index >= 15 is 0 Å². The van der Waals surface area contributed by atoms with Gasteiger partial charge in [0, 0.05) is 16.5 Å². The van der Waals surface area contributed by atoms with Crippen molar-refractivity contribution in [2.75, 3.05) is 0 Å². The summed E-state index contributed by atoms with van der Waals surface area (Å²) in [6, 6.07) is 2.96. The van der Waals surface area contributed by atoms with Gasteiger partial charge in [-0.05, 0) is 51.9 Å². The summed E-state index contributed by atoms with van der Waals surface area (Å²) in [6.07, 6.45) is 8.88. The number of nitriles is 1. The molecular weight excluding hydrogens is 252 g/mol. The van der Waals surface area contributed by atoms with Crippen molar-refractivity contribution in [1.29, 1.82) is 5.26 Å². The third-order valence-electron chi connectivity index (χ3n) is 4.52. The van der Waals surface area contributed by atoms with E-state index in [-0.39, 0.29) is 5.54 Å². The van der Waals surface area contributed by atoms with Crippen LogP contribution >= 0.6 is 11.8 Å². The summed E-state index contributed by atoms with van der Waals surface area (Å²) in [5, 5.41) is 14.6. The molecule has 0 radical (unpaired) electrons. The van der Waals surface area contributed by atoms with E-state index < -0.39 is 0 Å². The number of hydrogen-bond donors (Lipinski definition) is 1. The van der Waals surface area contributed by atoms with Gasteiger partial charge < -0.3 is 0 Å². The Morgan fingerprint density at radius 3 is 2.68 bits per heavy atom. The molecule has 0 spiro atoms. The molecule has 4 unspecified atom stereocenters. The zero-order chi connectivity index (χ0) is 13.9. The van der Waals surface area contributed by atoms with Crippen LogP contribution < -0.4 is 5.32 Å². The summed E-state index contributed by atoms with van der Waals surface area (Å²) in [4.78, 5) is 0. The van der Waals surface area contributed by atoms with E-state index in [4.69, 9.17) is 0 Å². The lowest BCUT2D eigenvalue weighted by molar-refractivity contribution is 0.384. The van der Waals surface area contributed by atoms with Crippen LogP contribution in [0.2, 0.25) is 0 Å². The van der Waals surface area contributed by atoms with Crippen LogP contribution in [-0.2, 0) is 0 Å². The van der Waals surface area contributed by atoms with Crippen LogP contribution in [0.4, 0.5) is 0 Å². The third kappa shape index (κ3) is 4.13. The van der Waals surface area contributed by atoms with Crippen molar-refractivity contribution in [2.45, 2.75) is 87.8 Å². The minimum absolute atomic E-state index is 0.244. The Morgan fingerprint density at radius 2 is 2.05 bits per heavy atom. The molecule has 2 nitrogen and oxygen atoms in total. The fourth-order valence-corrected chi connectivity index (χ4v) is 5.63. The first-order chi connectivity index (χ1) is 9.03. The van der Waals surface area contributed by atoms with Crippen LogP contribution in [0.3, 0.4) is 0 Å². The molecule has 0 amide bonds. The Kier molecular flexibility index (Phi) is 5.20. The summed E-state index contributed by atoms with van der Waals surface area (Å²) in [7, 11) is 0. The molecule has 0 saturated heterocycles. The molecule has 3 heteroatoms. The predicted molar refractivity (Wildman–Crippen MR) is 83.3 cm³/mol. The van der Waals surface area contributed by atoms with Gasteiger partial charge >= 0.3 is 0 Å². The summed E-state index contributed by atoms with van der Waals surface area (Å²) in [5.74, 6) is 0.905. The second-order valence-electron chi connectivity index (χ2n) is 6.89. The molecule has 2 fully saturated rings. The molecule has 0 bridgehead atoms. The number of hydrogen-bond acceptors (Lipinski definition) is 3. The van der Waals surface area contributed by atoms with E-state index in [9.17, 15) is 5.26 Å². The second kappa shape index (κ2) is 6.50. The monoisotopic (exact) mass is 280 g/mol. The maximum absolute atomic E-state index is 9.51. The molecule has 4 atom stereocenters. The van der Waals surface area contributed by atoms with Crippen LogP contribution in [0.5, 0.6) is 0 Å². The Hall–Kier alpha value is -0.200. The molecule has 108 valence electrons. The summed E-state index contributed by atoms with van der Waals surface area (Å²) in [6.45, 7) is 6.67. The van der Waals surface area contributed by atoms with Gasteiger partial charge in [0.15, 0.2) is 0 Å². The van der Waals surface area contributed by atoms with Crippen LogP contribution in [0, 0.1) is 17.2 Å². The van der Waals surface area contributed by atoms with Gasteiger partial charge in [-0.15, -0.1) is 0 Å². The molecule has 1 N–H and O–H groups in total. The molecule has 0 aromatic heterocycles. The Balaban J connectivity index is 1.85. The van der Waals surface area contributed by atoms with Gasteiger partial charge in [-0.25, -0.2) is 0 Å². The first-order valence-electron chi connectivity index (χ1n) is 7.87. The molecule has 0 aromatic rings. The van der Waals surface area contributed by atoms with Crippen molar-refractivity contribution < 1.29 is 0 Å². The highest BCUT2D eigenvalue weighted by molar-refractivity contribution is 8.00. The summed E-state index contributed by atoms with van der Waals surface area (Å²) in [5.41, 5.74) is -0.244. The fourth-order valence-electron chi connectivity index (χ4n) is 3.71. The average Bonchev–Trinajstić information content (AvgIpc) is 2.72. The summed E-state index contributed by atoms with van der Waals surface area (Å²) < 4.78 is 0. The Bertz CT molecular complexity index is 336. The molecule has 0 aliphatic heterocycles. The molecule has 2 aliphatic carbocycles.